The Hall–Kier alpha value is -0.880. The fourth-order valence-corrected chi connectivity index (χ4v) is 4.32. The highest BCUT2D eigenvalue weighted by atomic mass is 35.5. The van der Waals surface area contributed by atoms with Gasteiger partial charge in [-0.15, -0.1) is 24.8 Å². The molecule has 2 bridgehead atoms. The van der Waals surface area contributed by atoms with Crippen LogP contribution in [-0.4, -0.2) is 37.5 Å². The van der Waals surface area contributed by atoms with E-state index in [1.807, 2.05) is 19.0 Å². The summed E-state index contributed by atoms with van der Waals surface area (Å²) >= 11 is 0. The standard InChI is InChI=1S/C18H26FN3O.2ClH/c1-22(2)15(11-5-7-14(19)8-6-11)10-21-18(23)16-12-3-4-13(9-12)17(16)20;;/h5-8,12-13,15-17H,3-4,9-10,20H2,1-2H3,(H,21,23);2*1H. The normalized spacial score (nSPS) is 28.2. The van der Waals surface area contributed by atoms with Gasteiger partial charge in [0.25, 0.3) is 0 Å². The van der Waals surface area contributed by atoms with E-state index in [1.165, 1.54) is 18.6 Å². The first-order chi connectivity index (χ1) is 11.0. The molecule has 3 N–H and O–H groups in total. The van der Waals surface area contributed by atoms with Gasteiger partial charge in [0, 0.05) is 12.6 Å². The van der Waals surface area contributed by atoms with E-state index in [2.05, 4.69) is 5.32 Å². The number of benzene rings is 1. The summed E-state index contributed by atoms with van der Waals surface area (Å²) in [7, 11) is 3.92. The van der Waals surface area contributed by atoms with Gasteiger partial charge in [0.2, 0.25) is 5.91 Å². The lowest BCUT2D eigenvalue weighted by Gasteiger charge is -2.29. The van der Waals surface area contributed by atoms with Gasteiger partial charge in [0.15, 0.2) is 0 Å². The number of likely N-dealkylation sites (N-methyl/N-ethyl adjacent to an activating group) is 1. The monoisotopic (exact) mass is 391 g/mol. The molecule has 0 aliphatic heterocycles. The van der Waals surface area contributed by atoms with Crippen molar-refractivity contribution in [3.63, 3.8) is 0 Å². The molecule has 4 nitrogen and oxygen atoms in total. The molecule has 0 radical (unpaired) electrons. The van der Waals surface area contributed by atoms with Crippen LogP contribution in [0.15, 0.2) is 24.3 Å². The Morgan fingerprint density at radius 1 is 1.24 bits per heavy atom. The van der Waals surface area contributed by atoms with Gasteiger partial charge < -0.3 is 16.0 Å². The summed E-state index contributed by atoms with van der Waals surface area (Å²) in [4.78, 5) is 14.6. The largest absolute Gasteiger partial charge is 0.354 e. The van der Waals surface area contributed by atoms with Crippen molar-refractivity contribution in [2.24, 2.45) is 23.5 Å². The Labute approximate surface area is 161 Å². The molecule has 25 heavy (non-hydrogen) atoms. The number of amides is 1. The van der Waals surface area contributed by atoms with Gasteiger partial charge in [-0.2, -0.15) is 0 Å². The zero-order chi connectivity index (χ0) is 16.6. The van der Waals surface area contributed by atoms with Crippen LogP contribution in [0.3, 0.4) is 0 Å². The Morgan fingerprint density at radius 3 is 2.36 bits per heavy atom. The first-order valence-electron chi connectivity index (χ1n) is 8.42. The smallest absolute Gasteiger partial charge is 0.225 e. The fraction of sp³-hybridized carbons (Fsp3) is 0.611. The van der Waals surface area contributed by atoms with Crippen molar-refractivity contribution in [1.29, 1.82) is 0 Å². The number of nitrogens with two attached hydrogens (primary N) is 1. The van der Waals surface area contributed by atoms with Crippen LogP contribution in [0.5, 0.6) is 0 Å². The second-order valence-electron chi connectivity index (χ2n) is 7.21. The summed E-state index contributed by atoms with van der Waals surface area (Å²) in [6, 6.07) is 6.50. The Balaban J connectivity index is 0.00000156. The van der Waals surface area contributed by atoms with Crippen molar-refractivity contribution in [2.45, 2.75) is 31.3 Å². The third-order valence-electron chi connectivity index (χ3n) is 5.63. The summed E-state index contributed by atoms with van der Waals surface area (Å²) in [5.41, 5.74) is 7.24. The molecular formula is C18H28Cl2FN3O. The molecule has 1 aromatic carbocycles. The molecule has 1 aromatic rings. The molecule has 2 aliphatic carbocycles. The van der Waals surface area contributed by atoms with Crippen molar-refractivity contribution >= 4 is 30.7 Å². The molecule has 142 valence electrons. The van der Waals surface area contributed by atoms with E-state index >= 15 is 0 Å². The van der Waals surface area contributed by atoms with Crippen LogP contribution < -0.4 is 11.1 Å². The Kier molecular flexibility index (Phi) is 8.13. The number of rotatable bonds is 5. The van der Waals surface area contributed by atoms with Crippen LogP contribution in [0.1, 0.15) is 30.9 Å². The number of hydrogen-bond donors (Lipinski definition) is 2. The predicted molar refractivity (Wildman–Crippen MR) is 103 cm³/mol. The van der Waals surface area contributed by atoms with E-state index in [0.717, 1.165) is 18.4 Å². The minimum absolute atomic E-state index is 0. The second-order valence-corrected chi connectivity index (χ2v) is 7.21. The number of hydrogen-bond acceptors (Lipinski definition) is 3. The summed E-state index contributed by atoms with van der Waals surface area (Å²) in [5.74, 6) is 0.780. The number of carbonyl (C=O) groups is 1. The molecule has 2 fully saturated rings. The summed E-state index contributed by atoms with van der Waals surface area (Å²) in [5, 5.41) is 3.08. The van der Waals surface area contributed by atoms with Crippen LogP contribution in [0.2, 0.25) is 0 Å². The van der Waals surface area contributed by atoms with E-state index < -0.39 is 0 Å². The predicted octanol–water partition coefficient (Wildman–Crippen LogP) is 2.76. The van der Waals surface area contributed by atoms with Gasteiger partial charge in [0.05, 0.1) is 12.0 Å². The maximum absolute atomic E-state index is 13.1. The zero-order valence-electron chi connectivity index (χ0n) is 14.7. The summed E-state index contributed by atoms with van der Waals surface area (Å²) < 4.78 is 13.1. The van der Waals surface area contributed by atoms with Crippen LogP contribution in [0, 0.1) is 23.6 Å². The molecule has 5 atom stereocenters. The lowest BCUT2D eigenvalue weighted by molar-refractivity contribution is -0.127. The van der Waals surface area contributed by atoms with Gasteiger partial charge in [0.1, 0.15) is 5.82 Å². The number of nitrogens with one attached hydrogen (secondary N) is 1. The van der Waals surface area contributed by atoms with Crippen molar-refractivity contribution in [2.75, 3.05) is 20.6 Å². The average Bonchev–Trinajstić information content (AvgIpc) is 3.09. The lowest BCUT2D eigenvalue weighted by atomic mass is 9.84. The topological polar surface area (TPSA) is 58.4 Å². The lowest BCUT2D eigenvalue weighted by Crippen LogP contribution is -2.46. The van der Waals surface area contributed by atoms with E-state index in [1.54, 1.807) is 12.1 Å². The van der Waals surface area contributed by atoms with Gasteiger partial charge in [-0.3, -0.25) is 4.79 Å². The average molecular weight is 392 g/mol. The number of nitrogens with zero attached hydrogens (tertiary/aromatic N) is 1. The molecule has 7 heteroatoms. The Morgan fingerprint density at radius 2 is 1.84 bits per heavy atom. The highest BCUT2D eigenvalue weighted by Crippen LogP contribution is 2.47. The number of carbonyl (C=O) groups excluding carboxylic acids is 1. The first kappa shape index (κ1) is 22.2. The van der Waals surface area contributed by atoms with Gasteiger partial charge in [-0.05, 0) is 62.9 Å². The maximum Gasteiger partial charge on any atom is 0.225 e. The minimum Gasteiger partial charge on any atom is -0.354 e. The molecule has 2 aliphatic rings. The number of halogens is 3. The van der Waals surface area contributed by atoms with Crippen molar-refractivity contribution in [3.05, 3.63) is 35.6 Å². The van der Waals surface area contributed by atoms with Crippen molar-refractivity contribution in [3.8, 4) is 0 Å². The summed E-state index contributed by atoms with van der Waals surface area (Å²) in [6.07, 6.45) is 3.41. The molecule has 2 saturated carbocycles. The number of fused-ring (bicyclic) bond motifs is 2. The molecule has 1 amide bonds. The molecule has 5 unspecified atom stereocenters. The maximum atomic E-state index is 13.1. The molecule has 3 rings (SSSR count). The molecular weight excluding hydrogens is 364 g/mol. The minimum atomic E-state index is -0.247. The third kappa shape index (κ3) is 4.64. The van der Waals surface area contributed by atoms with Gasteiger partial charge in [-0.1, -0.05) is 12.1 Å². The quantitative estimate of drug-likeness (QED) is 0.810. The van der Waals surface area contributed by atoms with Gasteiger partial charge >= 0.3 is 0 Å². The van der Waals surface area contributed by atoms with Crippen LogP contribution in [0.4, 0.5) is 4.39 Å². The van der Waals surface area contributed by atoms with Crippen LogP contribution in [-0.2, 0) is 4.79 Å². The van der Waals surface area contributed by atoms with Crippen LogP contribution >= 0.6 is 24.8 Å². The third-order valence-corrected chi connectivity index (χ3v) is 5.63. The van der Waals surface area contributed by atoms with E-state index in [4.69, 9.17) is 5.73 Å². The van der Waals surface area contributed by atoms with Crippen LogP contribution in [0.25, 0.3) is 0 Å². The fourth-order valence-electron chi connectivity index (χ4n) is 4.32. The highest BCUT2D eigenvalue weighted by Gasteiger charge is 2.49. The molecule has 0 heterocycles. The van der Waals surface area contributed by atoms with Crippen molar-refractivity contribution < 1.29 is 9.18 Å². The molecule has 0 spiro atoms. The molecule has 0 aromatic heterocycles. The van der Waals surface area contributed by atoms with Crippen molar-refractivity contribution in [1.82, 2.24) is 10.2 Å². The highest BCUT2D eigenvalue weighted by molar-refractivity contribution is 5.85. The first-order valence-corrected chi connectivity index (χ1v) is 8.42. The molecule has 0 saturated heterocycles. The zero-order valence-corrected chi connectivity index (χ0v) is 16.3. The van der Waals surface area contributed by atoms with E-state index in [0.29, 0.717) is 18.4 Å². The van der Waals surface area contributed by atoms with E-state index in [9.17, 15) is 9.18 Å². The van der Waals surface area contributed by atoms with Gasteiger partial charge in [-0.25, -0.2) is 4.39 Å². The van der Waals surface area contributed by atoms with E-state index in [-0.39, 0.29) is 54.5 Å². The SMILES string of the molecule is CN(C)C(CNC(=O)C1C2CCC(C2)C1N)c1ccc(F)cc1.Cl.Cl. The summed E-state index contributed by atoms with van der Waals surface area (Å²) in [6.45, 7) is 0.512. The Bertz CT molecular complexity index is 568. The second kappa shape index (κ2) is 9.17.